The highest BCUT2D eigenvalue weighted by Gasteiger charge is 2.17. The molecular formula is C22H31N3O2. The van der Waals surface area contributed by atoms with E-state index in [1.54, 1.807) is 11.6 Å². The van der Waals surface area contributed by atoms with Gasteiger partial charge in [0.2, 0.25) is 0 Å². The average molecular weight is 370 g/mol. The summed E-state index contributed by atoms with van der Waals surface area (Å²) in [6.45, 7) is 11.3. The van der Waals surface area contributed by atoms with Crippen molar-refractivity contribution in [2.24, 2.45) is 7.05 Å². The summed E-state index contributed by atoms with van der Waals surface area (Å²) in [7, 11) is 3.97. The van der Waals surface area contributed by atoms with Crippen LogP contribution >= 0.6 is 0 Å². The third kappa shape index (κ3) is 4.79. The molecule has 1 fully saturated rings. The molecule has 0 aliphatic carbocycles. The summed E-state index contributed by atoms with van der Waals surface area (Å²) in [5.41, 5.74) is 4.13. The van der Waals surface area contributed by atoms with E-state index in [4.69, 9.17) is 4.74 Å². The predicted molar refractivity (Wildman–Crippen MR) is 110 cm³/mol. The number of nitrogens with zero attached hydrogens (tertiary/aromatic N) is 3. The minimum Gasteiger partial charge on any atom is -0.491 e. The average Bonchev–Trinajstić information content (AvgIpc) is 2.62. The van der Waals surface area contributed by atoms with E-state index in [0.717, 1.165) is 55.2 Å². The third-order valence-corrected chi connectivity index (χ3v) is 5.12. The lowest BCUT2D eigenvalue weighted by molar-refractivity contribution is 0.145. The van der Waals surface area contributed by atoms with Gasteiger partial charge in [-0.05, 0) is 51.1 Å². The van der Waals surface area contributed by atoms with Gasteiger partial charge in [0.1, 0.15) is 5.75 Å². The first-order chi connectivity index (χ1) is 12.8. The number of hydrogen-bond donors (Lipinski definition) is 0. The second-order valence-corrected chi connectivity index (χ2v) is 7.90. The molecule has 2 heterocycles. The van der Waals surface area contributed by atoms with E-state index in [2.05, 4.69) is 48.9 Å². The van der Waals surface area contributed by atoms with Gasteiger partial charge in [0.25, 0.3) is 5.56 Å². The molecule has 0 radical (unpaired) electrons. The van der Waals surface area contributed by atoms with E-state index < -0.39 is 0 Å². The Bertz CT molecular complexity index is 823. The van der Waals surface area contributed by atoms with Crippen molar-refractivity contribution in [3.63, 3.8) is 0 Å². The Balaban J connectivity index is 1.91. The minimum absolute atomic E-state index is 0.0455. The summed E-state index contributed by atoms with van der Waals surface area (Å²) >= 11 is 0. The normalized spacial score (nSPS) is 16.1. The van der Waals surface area contributed by atoms with Crippen molar-refractivity contribution >= 4 is 0 Å². The van der Waals surface area contributed by atoms with Crippen LogP contribution in [-0.2, 0) is 13.6 Å². The topological polar surface area (TPSA) is 37.7 Å². The van der Waals surface area contributed by atoms with Crippen molar-refractivity contribution < 1.29 is 4.74 Å². The maximum atomic E-state index is 12.0. The van der Waals surface area contributed by atoms with E-state index in [9.17, 15) is 4.79 Å². The maximum Gasteiger partial charge on any atom is 0.253 e. The molecule has 0 amide bonds. The monoisotopic (exact) mass is 369 g/mol. The minimum atomic E-state index is 0.0455. The molecule has 0 spiro atoms. The van der Waals surface area contributed by atoms with Crippen LogP contribution in [0, 0.1) is 6.92 Å². The fraction of sp³-hybridized carbons (Fsp3) is 0.500. The van der Waals surface area contributed by atoms with Gasteiger partial charge in [0.05, 0.1) is 6.10 Å². The van der Waals surface area contributed by atoms with Gasteiger partial charge in [-0.1, -0.05) is 12.1 Å². The summed E-state index contributed by atoms with van der Waals surface area (Å²) in [4.78, 5) is 16.8. The number of pyridine rings is 1. The molecule has 1 aliphatic rings. The smallest absolute Gasteiger partial charge is 0.253 e. The van der Waals surface area contributed by atoms with Gasteiger partial charge in [-0.3, -0.25) is 9.69 Å². The number of benzene rings is 1. The fourth-order valence-corrected chi connectivity index (χ4v) is 3.51. The number of hydrogen-bond acceptors (Lipinski definition) is 4. The second kappa shape index (κ2) is 8.28. The van der Waals surface area contributed by atoms with E-state index in [1.165, 1.54) is 5.56 Å². The molecule has 1 aromatic carbocycles. The van der Waals surface area contributed by atoms with Crippen LogP contribution in [0.3, 0.4) is 0 Å². The number of ether oxygens (including phenoxy) is 1. The largest absolute Gasteiger partial charge is 0.491 e. The summed E-state index contributed by atoms with van der Waals surface area (Å²) < 4.78 is 7.79. The summed E-state index contributed by atoms with van der Waals surface area (Å²) in [6, 6.07) is 8.38. The Morgan fingerprint density at radius 1 is 1.04 bits per heavy atom. The van der Waals surface area contributed by atoms with Crippen molar-refractivity contribution in [1.82, 2.24) is 14.4 Å². The van der Waals surface area contributed by atoms with Crippen LogP contribution in [0.25, 0.3) is 11.1 Å². The Morgan fingerprint density at radius 2 is 1.74 bits per heavy atom. The van der Waals surface area contributed by atoms with E-state index in [-0.39, 0.29) is 11.7 Å². The number of rotatable bonds is 5. The van der Waals surface area contributed by atoms with Gasteiger partial charge in [-0.25, -0.2) is 0 Å². The molecule has 1 saturated heterocycles. The third-order valence-electron chi connectivity index (χ3n) is 5.12. The molecule has 1 aromatic heterocycles. The molecule has 0 saturated carbocycles. The van der Waals surface area contributed by atoms with Crippen LogP contribution in [0.1, 0.15) is 25.0 Å². The number of piperazine rings is 1. The predicted octanol–water partition coefficient (Wildman–Crippen LogP) is 2.90. The van der Waals surface area contributed by atoms with Crippen LogP contribution in [0.5, 0.6) is 5.75 Å². The quantitative estimate of drug-likeness (QED) is 0.812. The molecule has 5 heteroatoms. The molecule has 1 aliphatic heterocycles. The summed E-state index contributed by atoms with van der Waals surface area (Å²) in [6.07, 6.45) is 2.01. The maximum absolute atomic E-state index is 12.0. The van der Waals surface area contributed by atoms with Crippen LogP contribution in [0.4, 0.5) is 0 Å². The molecule has 2 aromatic rings. The van der Waals surface area contributed by atoms with Crippen molar-refractivity contribution in [2.75, 3.05) is 33.2 Å². The van der Waals surface area contributed by atoms with Gasteiger partial charge in [0.15, 0.2) is 0 Å². The van der Waals surface area contributed by atoms with Gasteiger partial charge < -0.3 is 14.2 Å². The fourth-order valence-electron chi connectivity index (χ4n) is 3.51. The molecule has 0 N–H and O–H groups in total. The van der Waals surface area contributed by atoms with Crippen LogP contribution in [-0.4, -0.2) is 53.7 Å². The van der Waals surface area contributed by atoms with Crippen LogP contribution < -0.4 is 10.3 Å². The second-order valence-electron chi connectivity index (χ2n) is 7.90. The first kappa shape index (κ1) is 19.6. The Kier molecular flexibility index (Phi) is 6.02. The highest BCUT2D eigenvalue weighted by Crippen LogP contribution is 2.29. The lowest BCUT2D eigenvalue weighted by Gasteiger charge is -2.32. The summed E-state index contributed by atoms with van der Waals surface area (Å²) in [5, 5.41) is 0. The van der Waals surface area contributed by atoms with Gasteiger partial charge in [-0.15, -0.1) is 0 Å². The Labute approximate surface area is 162 Å². The zero-order valence-corrected chi connectivity index (χ0v) is 17.2. The van der Waals surface area contributed by atoms with E-state index in [1.807, 2.05) is 19.2 Å². The standard InChI is InChI=1S/C22H31N3O2/c1-16(2)27-21-13-18(20-12-17(3)22(26)24(5)14-20)6-7-19(21)15-25-10-8-23(4)9-11-25/h6-7,12-14,16H,8-11,15H2,1-5H3. The molecular weight excluding hydrogens is 338 g/mol. The Hall–Kier alpha value is -2.11. The first-order valence-electron chi connectivity index (χ1n) is 9.71. The van der Waals surface area contributed by atoms with Crippen molar-refractivity contribution in [1.29, 1.82) is 0 Å². The van der Waals surface area contributed by atoms with Crippen molar-refractivity contribution in [3.8, 4) is 16.9 Å². The van der Waals surface area contributed by atoms with Crippen molar-refractivity contribution in [2.45, 2.75) is 33.4 Å². The molecule has 0 unspecified atom stereocenters. The zero-order chi connectivity index (χ0) is 19.6. The molecule has 27 heavy (non-hydrogen) atoms. The lowest BCUT2D eigenvalue weighted by atomic mass is 10.0. The zero-order valence-electron chi connectivity index (χ0n) is 17.2. The molecule has 5 nitrogen and oxygen atoms in total. The lowest BCUT2D eigenvalue weighted by Crippen LogP contribution is -2.43. The van der Waals surface area contributed by atoms with Crippen LogP contribution in [0.15, 0.2) is 35.3 Å². The highest BCUT2D eigenvalue weighted by molar-refractivity contribution is 5.66. The van der Waals surface area contributed by atoms with Crippen LogP contribution in [0.2, 0.25) is 0 Å². The molecule has 146 valence electrons. The molecule has 0 bridgehead atoms. The molecule has 0 atom stereocenters. The van der Waals surface area contributed by atoms with Gasteiger partial charge in [-0.2, -0.15) is 0 Å². The highest BCUT2D eigenvalue weighted by atomic mass is 16.5. The summed E-state index contributed by atoms with van der Waals surface area (Å²) in [5.74, 6) is 0.938. The SMILES string of the molecule is Cc1cc(-c2ccc(CN3CCN(C)CC3)c(OC(C)C)c2)cn(C)c1=O. The first-order valence-corrected chi connectivity index (χ1v) is 9.71. The van der Waals surface area contributed by atoms with Crippen molar-refractivity contribution in [3.05, 3.63) is 51.9 Å². The van der Waals surface area contributed by atoms with Gasteiger partial charge in [0, 0.05) is 57.1 Å². The van der Waals surface area contributed by atoms with E-state index >= 15 is 0 Å². The molecule has 3 rings (SSSR count). The number of aryl methyl sites for hydroxylation is 2. The van der Waals surface area contributed by atoms with Gasteiger partial charge >= 0.3 is 0 Å². The Morgan fingerprint density at radius 3 is 2.37 bits per heavy atom. The number of likely N-dealkylation sites (N-methyl/N-ethyl adjacent to an activating group) is 1. The van der Waals surface area contributed by atoms with E-state index in [0.29, 0.717) is 0 Å². The number of aromatic nitrogens is 1.